The van der Waals surface area contributed by atoms with E-state index in [1.54, 1.807) is 0 Å². The van der Waals surface area contributed by atoms with Crippen LogP contribution in [0.25, 0.3) is 0 Å². The van der Waals surface area contributed by atoms with Gasteiger partial charge >= 0.3 is 0 Å². The molecule has 0 aliphatic heterocycles. The predicted octanol–water partition coefficient (Wildman–Crippen LogP) is 4.70. The number of hydrogen-bond donors (Lipinski definition) is 0. The van der Waals surface area contributed by atoms with Gasteiger partial charge in [-0.15, -0.1) is 0 Å². The molecule has 0 aliphatic rings. The zero-order chi connectivity index (χ0) is 14.4. The Bertz CT molecular complexity index is 162. The lowest BCUT2D eigenvalue weighted by atomic mass is 9.97. The zero-order valence-corrected chi connectivity index (χ0v) is 14.0. The van der Waals surface area contributed by atoms with Gasteiger partial charge in [0.2, 0.25) is 0 Å². The highest BCUT2D eigenvalue weighted by Crippen LogP contribution is 2.11. The van der Waals surface area contributed by atoms with Crippen LogP contribution in [0.5, 0.6) is 0 Å². The van der Waals surface area contributed by atoms with Gasteiger partial charge in [0.1, 0.15) is 0 Å². The van der Waals surface area contributed by atoms with Crippen molar-refractivity contribution in [3.05, 3.63) is 0 Å². The molecule has 0 N–H and O–H groups in total. The average molecular weight is 244 g/mol. The van der Waals surface area contributed by atoms with Crippen molar-refractivity contribution in [3.8, 4) is 0 Å². The van der Waals surface area contributed by atoms with Crippen LogP contribution >= 0.6 is 0 Å². The fraction of sp³-hybridized carbons (Fsp3) is 0.933. The number of aliphatic imine (C=N–C) groups is 1. The van der Waals surface area contributed by atoms with Gasteiger partial charge in [0.25, 0.3) is 0 Å². The minimum atomic E-state index is 0.733. The summed E-state index contributed by atoms with van der Waals surface area (Å²) in [7, 11) is 1.86. The van der Waals surface area contributed by atoms with Crippen molar-refractivity contribution in [2.45, 2.75) is 62.3 Å². The van der Waals surface area contributed by atoms with Crippen LogP contribution in [-0.2, 0) is 0 Å². The quantitative estimate of drug-likeness (QED) is 0.517. The Kier molecular flexibility index (Phi) is 19.8. The maximum atomic E-state index is 4.21. The van der Waals surface area contributed by atoms with Crippen molar-refractivity contribution in [1.82, 2.24) is 4.90 Å². The molecule has 0 fully saturated rings. The minimum Gasteiger partial charge on any atom is -0.361 e. The fourth-order valence-electron chi connectivity index (χ4n) is 1.19. The van der Waals surface area contributed by atoms with Crippen LogP contribution in [0, 0.1) is 11.8 Å². The molecule has 0 bridgehead atoms. The van der Waals surface area contributed by atoms with E-state index in [2.05, 4.69) is 44.5 Å². The molecule has 1 unspecified atom stereocenters. The van der Waals surface area contributed by atoms with E-state index in [0.29, 0.717) is 0 Å². The Balaban J connectivity index is -0.000000439. The first-order valence-electron chi connectivity index (χ1n) is 7.21. The molecule has 106 valence electrons. The Morgan fingerprint density at radius 3 is 1.71 bits per heavy atom. The molecule has 0 saturated heterocycles. The Morgan fingerprint density at radius 1 is 1.06 bits per heavy atom. The molecule has 0 aromatic rings. The number of rotatable bonds is 4. The van der Waals surface area contributed by atoms with E-state index in [9.17, 15) is 0 Å². The van der Waals surface area contributed by atoms with Gasteiger partial charge in [0.15, 0.2) is 0 Å². The summed E-state index contributed by atoms with van der Waals surface area (Å²) in [6.45, 7) is 21.3. The molecule has 0 radical (unpaired) electrons. The average Bonchev–Trinajstić information content (AvgIpc) is 2.39. The lowest BCUT2D eigenvalue weighted by molar-refractivity contribution is 0.305. The van der Waals surface area contributed by atoms with Crippen molar-refractivity contribution >= 4 is 5.84 Å². The van der Waals surface area contributed by atoms with E-state index in [1.165, 1.54) is 0 Å². The Labute approximate surface area is 111 Å². The van der Waals surface area contributed by atoms with Gasteiger partial charge in [-0.2, -0.15) is 0 Å². The van der Waals surface area contributed by atoms with E-state index >= 15 is 0 Å². The summed E-state index contributed by atoms with van der Waals surface area (Å²) in [6.07, 6.45) is 0. The van der Waals surface area contributed by atoms with Crippen LogP contribution in [0.1, 0.15) is 62.3 Å². The normalized spacial score (nSPS) is 12.1. The summed E-state index contributed by atoms with van der Waals surface area (Å²) in [4.78, 5) is 6.55. The summed E-state index contributed by atoms with van der Waals surface area (Å²) < 4.78 is 0. The highest BCUT2D eigenvalue weighted by atomic mass is 15.2. The van der Waals surface area contributed by atoms with E-state index in [4.69, 9.17) is 0 Å². The second-order valence-corrected chi connectivity index (χ2v) is 4.03. The van der Waals surface area contributed by atoms with Gasteiger partial charge in [-0.05, 0) is 25.7 Å². The van der Waals surface area contributed by atoms with Crippen molar-refractivity contribution in [1.29, 1.82) is 0 Å². The van der Waals surface area contributed by atoms with E-state index in [1.807, 2.05) is 34.7 Å². The van der Waals surface area contributed by atoms with Crippen molar-refractivity contribution in [2.24, 2.45) is 16.8 Å². The molecule has 0 heterocycles. The van der Waals surface area contributed by atoms with Crippen LogP contribution in [0.4, 0.5) is 0 Å². The molecule has 17 heavy (non-hydrogen) atoms. The molecule has 0 amide bonds. The lowest BCUT2D eigenvalue weighted by Gasteiger charge is -2.27. The zero-order valence-electron chi connectivity index (χ0n) is 14.0. The van der Waals surface area contributed by atoms with Gasteiger partial charge in [0, 0.05) is 20.1 Å². The second-order valence-electron chi connectivity index (χ2n) is 4.03. The Morgan fingerprint density at radius 2 is 1.47 bits per heavy atom. The third-order valence-electron chi connectivity index (χ3n) is 2.81. The van der Waals surface area contributed by atoms with Gasteiger partial charge < -0.3 is 4.90 Å². The van der Waals surface area contributed by atoms with Crippen LogP contribution in [-0.4, -0.2) is 30.9 Å². The smallest absolute Gasteiger partial charge is 0.0954 e. The first-order chi connectivity index (χ1) is 8.02. The summed E-state index contributed by atoms with van der Waals surface area (Å²) in [5, 5.41) is 0. The molecule has 1 atom stereocenters. The van der Waals surface area contributed by atoms with E-state index in [-0.39, 0.29) is 0 Å². The van der Waals surface area contributed by atoms with Crippen molar-refractivity contribution in [2.75, 3.05) is 20.1 Å². The van der Waals surface area contributed by atoms with Crippen LogP contribution < -0.4 is 0 Å². The van der Waals surface area contributed by atoms with Crippen LogP contribution in [0.3, 0.4) is 0 Å². The van der Waals surface area contributed by atoms with Crippen molar-refractivity contribution in [3.63, 3.8) is 0 Å². The van der Waals surface area contributed by atoms with Crippen LogP contribution in [0.2, 0.25) is 0 Å². The number of hydrogen-bond acceptors (Lipinski definition) is 1. The fourth-order valence-corrected chi connectivity index (χ4v) is 1.19. The molecule has 0 aromatic carbocycles. The van der Waals surface area contributed by atoms with Gasteiger partial charge in [-0.1, -0.05) is 48.5 Å². The highest BCUT2D eigenvalue weighted by Gasteiger charge is 2.12. The first kappa shape index (κ1) is 21.7. The molecular weight excluding hydrogens is 208 g/mol. The standard InChI is InChI=1S/C11H24N2.2C2H6/c1-7-13(11(5)12-6)8-10(4)9(2)3;2*1-2/h9-10H,7-8H2,1-6H3;2*1-2H3. The molecule has 0 saturated carbocycles. The van der Waals surface area contributed by atoms with Crippen LogP contribution in [0.15, 0.2) is 4.99 Å². The monoisotopic (exact) mass is 244 g/mol. The summed E-state index contributed by atoms with van der Waals surface area (Å²) in [6, 6.07) is 0. The Hall–Kier alpha value is -0.530. The molecule has 2 heteroatoms. The summed E-state index contributed by atoms with van der Waals surface area (Å²) in [5.74, 6) is 2.63. The molecular formula is C15H36N2. The largest absolute Gasteiger partial charge is 0.361 e. The molecule has 2 nitrogen and oxygen atoms in total. The first-order valence-corrected chi connectivity index (χ1v) is 7.21. The SMILES string of the molecule is CC.CC.CCN(CC(C)C(C)C)C(C)=NC. The number of amidine groups is 1. The molecule has 0 aromatic heterocycles. The maximum Gasteiger partial charge on any atom is 0.0954 e. The van der Waals surface area contributed by atoms with E-state index in [0.717, 1.165) is 30.8 Å². The molecule has 0 rings (SSSR count). The third kappa shape index (κ3) is 11.7. The van der Waals surface area contributed by atoms with Crippen molar-refractivity contribution < 1.29 is 0 Å². The maximum absolute atomic E-state index is 4.21. The van der Waals surface area contributed by atoms with Gasteiger partial charge in [-0.25, -0.2) is 0 Å². The minimum absolute atomic E-state index is 0.733. The van der Waals surface area contributed by atoms with E-state index < -0.39 is 0 Å². The van der Waals surface area contributed by atoms with Gasteiger partial charge in [-0.3, -0.25) is 4.99 Å². The topological polar surface area (TPSA) is 15.6 Å². The van der Waals surface area contributed by atoms with Gasteiger partial charge in [0.05, 0.1) is 5.84 Å². The summed E-state index contributed by atoms with van der Waals surface area (Å²) in [5.41, 5.74) is 0. The molecule has 0 spiro atoms. The lowest BCUT2D eigenvalue weighted by Crippen LogP contribution is -2.34. The second kappa shape index (κ2) is 15.5. The predicted molar refractivity (Wildman–Crippen MR) is 83.0 cm³/mol. The molecule has 0 aliphatic carbocycles. The third-order valence-corrected chi connectivity index (χ3v) is 2.81. The number of nitrogens with zero attached hydrogens (tertiary/aromatic N) is 2. The highest BCUT2D eigenvalue weighted by molar-refractivity contribution is 5.79. The summed E-state index contributed by atoms with van der Waals surface area (Å²) >= 11 is 0.